The lowest BCUT2D eigenvalue weighted by atomic mass is 9.49. The number of carbonyl (C=O) groups is 2. The fourth-order valence-electron chi connectivity index (χ4n) is 6.51. The van der Waals surface area contributed by atoms with Crippen LogP contribution in [0, 0.1) is 23.2 Å². The highest BCUT2D eigenvalue weighted by molar-refractivity contribution is 6.27. The fraction of sp³-hybridized carbons (Fsp3) is 0.609. The topological polar surface area (TPSA) is 88.7 Å². The number of rotatable bonds is 3. The molecule has 4 bridgehead atoms. The van der Waals surface area contributed by atoms with Crippen molar-refractivity contribution in [3.63, 3.8) is 0 Å². The molecule has 7 rings (SSSR count). The Morgan fingerprint density at radius 1 is 1.13 bits per heavy atom. The zero-order valence-electron chi connectivity index (χ0n) is 17.4. The van der Waals surface area contributed by atoms with Gasteiger partial charge in [-0.25, -0.2) is 4.99 Å². The summed E-state index contributed by atoms with van der Waals surface area (Å²) in [7, 11) is 0. The van der Waals surface area contributed by atoms with E-state index in [0.29, 0.717) is 40.8 Å². The summed E-state index contributed by atoms with van der Waals surface area (Å²) in [5.41, 5.74) is 1.52. The van der Waals surface area contributed by atoms with Crippen LogP contribution in [-0.2, 0) is 9.59 Å². The van der Waals surface area contributed by atoms with E-state index in [0.717, 1.165) is 37.8 Å². The summed E-state index contributed by atoms with van der Waals surface area (Å²) in [4.78, 5) is 34.3. The third-order valence-electron chi connectivity index (χ3n) is 7.84. The van der Waals surface area contributed by atoms with Crippen LogP contribution in [0.15, 0.2) is 28.2 Å². The Labute approximate surface area is 175 Å². The van der Waals surface area contributed by atoms with E-state index in [1.54, 1.807) is 11.6 Å². The molecule has 0 aromatic carbocycles. The van der Waals surface area contributed by atoms with Gasteiger partial charge >= 0.3 is 0 Å². The molecule has 5 aliphatic carbocycles. The molecule has 7 heteroatoms. The second-order valence-corrected chi connectivity index (χ2v) is 10.2. The SMILES string of the molecule is C=C1C(=O)N=C(n2nc(C3CC3)cc2NC(=O)C23CC4CC(CC(C4)C2)C3)N=C1C. The highest BCUT2D eigenvalue weighted by atomic mass is 16.2. The van der Waals surface area contributed by atoms with Gasteiger partial charge in [-0.1, -0.05) is 6.58 Å². The van der Waals surface area contributed by atoms with Gasteiger partial charge in [-0.2, -0.15) is 14.8 Å². The lowest BCUT2D eigenvalue weighted by molar-refractivity contribution is -0.140. The van der Waals surface area contributed by atoms with Crippen molar-refractivity contribution in [2.75, 3.05) is 5.32 Å². The molecule has 0 saturated heterocycles. The molecule has 0 spiro atoms. The van der Waals surface area contributed by atoms with Crippen molar-refractivity contribution in [2.45, 2.75) is 64.2 Å². The van der Waals surface area contributed by atoms with Gasteiger partial charge in [0.15, 0.2) is 0 Å². The molecule has 0 atom stereocenters. The first-order valence-corrected chi connectivity index (χ1v) is 11.2. The Hall–Kier alpha value is -2.57. The number of amides is 2. The molecule has 0 unspecified atom stereocenters. The molecule has 6 aliphatic rings. The first-order chi connectivity index (χ1) is 14.4. The number of carbonyl (C=O) groups excluding carboxylic acids is 2. The molecule has 5 fully saturated rings. The molecular formula is C23H27N5O2. The van der Waals surface area contributed by atoms with E-state index in [1.807, 2.05) is 6.07 Å². The van der Waals surface area contributed by atoms with Gasteiger partial charge in [-0.05, 0) is 76.0 Å². The maximum absolute atomic E-state index is 13.6. The molecule has 0 radical (unpaired) electrons. The Morgan fingerprint density at radius 2 is 1.77 bits per heavy atom. The summed E-state index contributed by atoms with van der Waals surface area (Å²) in [5, 5.41) is 7.86. The molecule has 1 aromatic heterocycles. The maximum Gasteiger partial charge on any atom is 0.281 e. The van der Waals surface area contributed by atoms with Crippen LogP contribution >= 0.6 is 0 Å². The van der Waals surface area contributed by atoms with E-state index >= 15 is 0 Å². The number of nitrogens with zero attached hydrogens (tertiary/aromatic N) is 4. The molecule has 1 aromatic rings. The van der Waals surface area contributed by atoms with E-state index in [4.69, 9.17) is 0 Å². The van der Waals surface area contributed by atoms with E-state index < -0.39 is 5.91 Å². The lowest BCUT2D eigenvalue weighted by Crippen LogP contribution is -2.52. The zero-order valence-corrected chi connectivity index (χ0v) is 17.4. The first-order valence-electron chi connectivity index (χ1n) is 11.2. The lowest BCUT2D eigenvalue weighted by Gasteiger charge is -2.55. The number of aromatic nitrogens is 2. The predicted molar refractivity (Wildman–Crippen MR) is 114 cm³/mol. The predicted octanol–water partition coefficient (Wildman–Crippen LogP) is 3.68. The normalized spacial score (nSPS) is 34.8. The average Bonchev–Trinajstić information content (AvgIpc) is 3.45. The Bertz CT molecular complexity index is 1010. The number of hydrogen-bond donors (Lipinski definition) is 1. The molecule has 2 amide bonds. The van der Waals surface area contributed by atoms with Crippen molar-refractivity contribution in [3.05, 3.63) is 23.9 Å². The first kappa shape index (κ1) is 18.2. The third kappa shape index (κ3) is 2.81. The minimum Gasteiger partial charge on any atom is -0.310 e. The van der Waals surface area contributed by atoms with Crippen LogP contribution in [0.4, 0.5) is 5.82 Å². The van der Waals surface area contributed by atoms with Crippen molar-refractivity contribution in [3.8, 4) is 0 Å². The van der Waals surface area contributed by atoms with Crippen LogP contribution < -0.4 is 5.32 Å². The highest BCUT2D eigenvalue weighted by Crippen LogP contribution is 2.60. The van der Waals surface area contributed by atoms with Crippen LogP contribution in [0.25, 0.3) is 0 Å². The third-order valence-corrected chi connectivity index (χ3v) is 7.84. The molecule has 156 valence electrons. The Morgan fingerprint density at radius 3 is 2.33 bits per heavy atom. The largest absolute Gasteiger partial charge is 0.310 e. The Kier molecular flexibility index (Phi) is 3.78. The van der Waals surface area contributed by atoms with Gasteiger partial charge in [0.05, 0.1) is 22.4 Å². The Balaban J connectivity index is 1.33. The van der Waals surface area contributed by atoms with Crippen LogP contribution in [0.3, 0.4) is 0 Å². The smallest absolute Gasteiger partial charge is 0.281 e. The fourth-order valence-corrected chi connectivity index (χ4v) is 6.51. The molecule has 2 heterocycles. The molecular weight excluding hydrogens is 378 g/mol. The second kappa shape index (κ2) is 6.22. The number of nitrogens with one attached hydrogen (secondary N) is 1. The summed E-state index contributed by atoms with van der Waals surface area (Å²) in [5.74, 6) is 3.01. The molecule has 5 saturated carbocycles. The summed E-state index contributed by atoms with van der Waals surface area (Å²) < 4.78 is 1.54. The van der Waals surface area contributed by atoms with Crippen molar-refractivity contribution in [1.29, 1.82) is 0 Å². The van der Waals surface area contributed by atoms with Gasteiger partial charge in [0.25, 0.3) is 11.9 Å². The molecule has 7 nitrogen and oxygen atoms in total. The van der Waals surface area contributed by atoms with Crippen LogP contribution in [-0.4, -0.2) is 33.3 Å². The minimum atomic E-state index is -0.403. The average molecular weight is 406 g/mol. The number of aliphatic imine (C=N–C) groups is 2. The van der Waals surface area contributed by atoms with Gasteiger partial charge in [0.1, 0.15) is 5.82 Å². The van der Waals surface area contributed by atoms with Gasteiger partial charge < -0.3 is 5.32 Å². The highest BCUT2D eigenvalue weighted by Gasteiger charge is 2.54. The van der Waals surface area contributed by atoms with Gasteiger partial charge in [-0.15, -0.1) is 0 Å². The van der Waals surface area contributed by atoms with E-state index in [2.05, 4.69) is 27.0 Å². The van der Waals surface area contributed by atoms with Gasteiger partial charge in [0, 0.05) is 12.0 Å². The van der Waals surface area contributed by atoms with E-state index in [9.17, 15) is 9.59 Å². The second-order valence-electron chi connectivity index (χ2n) is 10.2. The maximum atomic E-state index is 13.6. The van der Waals surface area contributed by atoms with Gasteiger partial charge in [-0.3, -0.25) is 9.59 Å². The van der Waals surface area contributed by atoms with E-state index in [1.165, 1.54) is 19.3 Å². The number of hydrogen-bond acceptors (Lipinski definition) is 4. The minimum absolute atomic E-state index is 0.109. The van der Waals surface area contributed by atoms with Crippen LogP contribution in [0.2, 0.25) is 0 Å². The molecule has 1 aliphatic heterocycles. The van der Waals surface area contributed by atoms with Crippen molar-refractivity contribution in [2.24, 2.45) is 33.2 Å². The van der Waals surface area contributed by atoms with Crippen molar-refractivity contribution in [1.82, 2.24) is 9.78 Å². The summed E-state index contributed by atoms with van der Waals surface area (Å²) >= 11 is 0. The summed E-state index contributed by atoms with van der Waals surface area (Å²) in [6.07, 6.45) is 9.11. The summed E-state index contributed by atoms with van der Waals surface area (Å²) in [6, 6.07) is 1.94. The quantitative estimate of drug-likeness (QED) is 0.778. The summed E-state index contributed by atoms with van der Waals surface area (Å²) in [6.45, 7) is 5.48. The molecule has 30 heavy (non-hydrogen) atoms. The number of anilines is 1. The van der Waals surface area contributed by atoms with Crippen LogP contribution in [0.1, 0.15) is 69.9 Å². The molecule has 1 N–H and O–H groups in total. The standard InChI is InChI=1S/C23H27N5O2/c1-12-13(2)24-22(26-20(12)29)28-19(8-18(27-28)17-3-4-17)25-21(30)23-9-14-5-15(10-23)7-16(6-14)11-23/h8,14-17H,1,3-7,9-11H2,2H3,(H,25,30). The van der Waals surface area contributed by atoms with Gasteiger partial charge in [0.2, 0.25) is 5.91 Å². The van der Waals surface area contributed by atoms with Crippen molar-refractivity contribution < 1.29 is 9.59 Å². The van der Waals surface area contributed by atoms with E-state index in [-0.39, 0.29) is 17.3 Å². The monoisotopic (exact) mass is 405 g/mol. The zero-order chi connectivity index (χ0) is 20.6. The van der Waals surface area contributed by atoms with Crippen molar-refractivity contribution >= 4 is 29.3 Å². The van der Waals surface area contributed by atoms with Crippen LogP contribution in [0.5, 0.6) is 0 Å².